The number of hydrogen-bond donors (Lipinski definition) is 1. The SMILES string of the molecule is CCOC(=O)CCC(C)(O)c1cccc(Cl)c1. The van der Waals surface area contributed by atoms with Gasteiger partial charge < -0.3 is 9.84 Å². The second-order valence-corrected chi connectivity index (χ2v) is 4.53. The summed E-state index contributed by atoms with van der Waals surface area (Å²) in [5.74, 6) is -0.296. The molecule has 3 nitrogen and oxygen atoms in total. The van der Waals surface area contributed by atoms with E-state index in [1.54, 1.807) is 38.1 Å². The van der Waals surface area contributed by atoms with Crippen molar-refractivity contribution < 1.29 is 14.6 Å². The molecule has 0 aliphatic carbocycles. The van der Waals surface area contributed by atoms with Crippen molar-refractivity contribution >= 4 is 17.6 Å². The van der Waals surface area contributed by atoms with Crippen LogP contribution >= 0.6 is 11.6 Å². The number of carbonyl (C=O) groups is 1. The van der Waals surface area contributed by atoms with Gasteiger partial charge in [0.25, 0.3) is 0 Å². The number of esters is 1. The normalized spacial score (nSPS) is 14.1. The predicted octanol–water partition coefficient (Wildman–Crippen LogP) is 2.89. The molecule has 0 aromatic heterocycles. The van der Waals surface area contributed by atoms with Crippen LogP contribution in [0, 0.1) is 0 Å². The maximum Gasteiger partial charge on any atom is 0.305 e. The molecular weight excluding hydrogens is 240 g/mol. The molecule has 0 saturated carbocycles. The third-order valence-corrected chi connectivity index (χ3v) is 2.80. The highest BCUT2D eigenvalue weighted by molar-refractivity contribution is 6.30. The first-order chi connectivity index (χ1) is 7.95. The zero-order valence-corrected chi connectivity index (χ0v) is 10.8. The molecule has 94 valence electrons. The lowest BCUT2D eigenvalue weighted by Crippen LogP contribution is -2.22. The van der Waals surface area contributed by atoms with Crippen molar-refractivity contribution in [2.24, 2.45) is 0 Å². The predicted molar refractivity (Wildman–Crippen MR) is 66.9 cm³/mol. The minimum absolute atomic E-state index is 0.188. The van der Waals surface area contributed by atoms with E-state index in [2.05, 4.69) is 0 Å². The first-order valence-corrected chi connectivity index (χ1v) is 5.97. The van der Waals surface area contributed by atoms with E-state index in [1.807, 2.05) is 0 Å². The number of carbonyl (C=O) groups excluding carboxylic acids is 1. The zero-order chi connectivity index (χ0) is 12.9. The van der Waals surface area contributed by atoms with Gasteiger partial charge in [0.15, 0.2) is 0 Å². The fourth-order valence-corrected chi connectivity index (χ4v) is 1.74. The van der Waals surface area contributed by atoms with Crippen LogP contribution in [-0.2, 0) is 15.1 Å². The van der Waals surface area contributed by atoms with Crippen molar-refractivity contribution in [3.63, 3.8) is 0 Å². The second kappa shape index (κ2) is 6.03. The molecule has 0 spiro atoms. The van der Waals surface area contributed by atoms with Crippen molar-refractivity contribution in [2.75, 3.05) is 6.61 Å². The van der Waals surface area contributed by atoms with Crippen LogP contribution < -0.4 is 0 Å². The molecule has 0 heterocycles. The number of ether oxygens (including phenoxy) is 1. The van der Waals surface area contributed by atoms with E-state index in [0.717, 1.165) is 0 Å². The standard InChI is InChI=1S/C13H17ClO3/c1-3-17-12(15)7-8-13(2,16)10-5-4-6-11(14)9-10/h4-6,9,16H,3,7-8H2,1-2H3. The van der Waals surface area contributed by atoms with Crippen LogP contribution in [0.2, 0.25) is 5.02 Å². The molecule has 1 unspecified atom stereocenters. The molecule has 0 radical (unpaired) electrons. The van der Waals surface area contributed by atoms with Crippen molar-refractivity contribution in [1.82, 2.24) is 0 Å². The van der Waals surface area contributed by atoms with E-state index in [9.17, 15) is 9.90 Å². The molecular formula is C13H17ClO3. The van der Waals surface area contributed by atoms with Gasteiger partial charge in [-0.05, 0) is 38.0 Å². The summed E-state index contributed by atoms with van der Waals surface area (Å²) in [5.41, 5.74) is -0.369. The minimum atomic E-state index is -1.07. The van der Waals surface area contributed by atoms with Crippen molar-refractivity contribution in [3.05, 3.63) is 34.9 Å². The van der Waals surface area contributed by atoms with Gasteiger partial charge in [0.2, 0.25) is 0 Å². The number of halogens is 1. The molecule has 0 saturated heterocycles. The smallest absolute Gasteiger partial charge is 0.305 e. The first kappa shape index (κ1) is 14.0. The monoisotopic (exact) mass is 256 g/mol. The maximum atomic E-state index is 11.2. The van der Waals surface area contributed by atoms with Crippen LogP contribution in [-0.4, -0.2) is 17.7 Å². The third kappa shape index (κ3) is 4.36. The van der Waals surface area contributed by atoms with Crippen LogP contribution in [0.25, 0.3) is 0 Å². The highest BCUT2D eigenvalue weighted by Gasteiger charge is 2.24. The Balaban J connectivity index is 2.65. The lowest BCUT2D eigenvalue weighted by atomic mass is 9.91. The lowest BCUT2D eigenvalue weighted by Gasteiger charge is -2.23. The Hall–Kier alpha value is -1.06. The quantitative estimate of drug-likeness (QED) is 0.824. The third-order valence-electron chi connectivity index (χ3n) is 2.57. The van der Waals surface area contributed by atoms with Gasteiger partial charge in [-0.25, -0.2) is 0 Å². The Morgan fingerprint density at radius 2 is 2.24 bits per heavy atom. The van der Waals surface area contributed by atoms with Gasteiger partial charge in [-0.2, -0.15) is 0 Å². The van der Waals surface area contributed by atoms with Gasteiger partial charge in [-0.1, -0.05) is 23.7 Å². The van der Waals surface area contributed by atoms with Crippen molar-refractivity contribution in [3.8, 4) is 0 Å². The number of rotatable bonds is 5. The molecule has 4 heteroatoms. The highest BCUT2D eigenvalue weighted by Crippen LogP contribution is 2.27. The van der Waals surface area contributed by atoms with Crippen LogP contribution in [0.15, 0.2) is 24.3 Å². The lowest BCUT2D eigenvalue weighted by molar-refractivity contribution is -0.144. The highest BCUT2D eigenvalue weighted by atomic mass is 35.5. The largest absolute Gasteiger partial charge is 0.466 e. The Morgan fingerprint density at radius 1 is 1.53 bits per heavy atom. The average molecular weight is 257 g/mol. The van der Waals surface area contributed by atoms with Crippen LogP contribution in [0.4, 0.5) is 0 Å². The molecule has 0 aliphatic heterocycles. The van der Waals surface area contributed by atoms with Crippen molar-refractivity contribution in [1.29, 1.82) is 0 Å². The summed E-state index contributed by atoms with van der Waals surface area (Å²) >= 11 is 5.86. The summed E-state index contributed by atoms with van der Waals surface area (Å²) in [7, 11) is 0. The minimum Gasteiger partial charge on any atom is -0.466 e. The van der Waals surface area contributed by atoms with E-state index in [0.29, 0.717) is 23.6 Å². The van der Waals surface area contributed by atoms with Gasteiger partial charge >= 0.3 is 5.97 Å². The molecule has 0 fully saturated rings. The molecule has 17 heavy (non-hydrogen) atoms. The molecule has 1 rings (SSSR count). The Kier molecular flexibility index (Phi) is 4.97. The number of benzene rings is 1. The topological polar surface area (TPSA) is 46.5 Å². The van der Waals surface area contributed by atoms with E-state index in [4.69, 9.17) is 16.3 Å². The first-order valence-electron chi connectivity index (χ1n) is 5.60. The summed E-state index contributed by atoms with van der Waals surface area (Å²) in [6.07, 6.45) is 0.500. The Bertz CT molecular complexity index is 388. The second-order valence-electron chi connectivity index (χ2n) is 4.09. The summed E-state index contributed by atoms with van der Waals surface area (Å²) in [5, 5.41) is 10.8. The van der Waals surface area contributed by atoms with Crippen molar-refractivity contribution in [2.45, 2.75) is 32.3 Å². The van der Waals surface area contributed by atoms with Crippen LogP contribution in [0.3, 0.4) is 0 Å². The average Bonchev–Trinajstić information content (AvgIpc) is 2.27. The molecule has 1 atom stereocenters. The molecule has 1 N–H and O–H groups in total. The summed E-state index contributed by atoms with van der Waals surface area (Å²) in [4.78, 5) is 11.2. The number of aliphatic hydroxyl groups is 1. The molecule has 0 amide bonds. The van der Waals surface area contributed by atoms with E-state index in [-0.39, 0.29) is 12.4 Å². The van der Waals surface area contributed by atoms with Gasteiger partial charge in [0, 0.05) is 11.4 Å². The Morgan fingerprint density at radius 3 is 2.82 bits per heavy atom. The van der Waals surface area contributed by atoms with E-state index in [1.165, 1.54) is 0 Å². The van der Waals surface area contributed by atoms with Gasteiger partial charge in [-0.15, -0.1) is 0 Å². The molecule has 1 aromatic rings. The summed E-state index contributed by atoms with van der Waals surface area (Å²) in [6, 6.07) is 7.01. The molecule has 0 bridgehead atoms. The summed E-state index contributed by atoms with van der Waals surface area (Å²) in [6.45, 7) is 3.78. The van der Waals surface area contributed by atoms with E-state index < -0.39 is 5.60 Å². The van der Waals surface area contributed by atoms with Gasteiger partial charge in [-0.3, -0.25) is 4.79 Å². The van der Waals surface area contributed by atoms with E-state index >= 15 is 0 Å². The zero-order valence-electron chi connectivity index (χ0n) is 10.1. The number of hydrogen-bond acceptors (Lipinski definition) is 3. The fraction of sp³-hybridized carbons (Fsp3) is 0.462. The van der Waals surface area contributed by atoms with Crippen LogP contribution in [0.1, 0.15) is 32.3 Å². The summed E-state index contributed by atoms with van der Waals surface area (Å²) < 4.78 is 4.82. The van der Waals surface area contributed by atoms with Gasteiger partial charge in [0.05, 0.1) is 12.2 Å². The maximum absolute atomic E-state index is 11.2. The Labute approximate surface area is 106 Å². The fourth-order valence-electron chi connectivity index (χ4n) is 1.55. The molecule has 0 aliphatic rings. The van der Waals surface area contributed by atoms with Gasteiger partial charge in [0.1, 0.15) is 0 Å². The van der Waals surface area contributed by atoms with Crippen LogP contribution in [0.5, 0.6) is 0 Å². The molecule has 1 aromatic carbocycles.